The molecule has 0 aliphatic heterocycles. The number of nitrogens with zero attached hydrogens (tertiary/aromatic N) is 1. The van der Waals surface area contributed by atoms with Gasteiger partial charge in [0.15, 0.2) is 0 Å². The topological polar surface area (TPSA) is 32.3 Å². The van der Waals surface area contributed by atoms with Gasteiger partial charge in [-0.05, 0) is 33.9 Å². The fourth-order valence-corrected chi connectivity index (χ4v) is 1.18. The summed E-state index contributed by atoms with van der Waals surface area (Å²) in [5.74, 6) is 0.351. The van der Waals surface area contributed by atoms with E-state index >= 15 is 0 Å². The molecule has 0 saturated heterocycles. The number of alkyl halides is 1. The highest BCUT2D eigenvalue weighted by Crippen LogP contribution is 1.98. The Hall–Kier alpha value is -0.280. The second-order valence-electron chi connectivity index (χ2n) is 4.27. The summed E-state index contributed by atoms with van der Waals surface area (Å²) in [6.07, 6.45) is 0.982. The molecular weight excluding hydrogens is 212 g/mol. The smallest absolute Gasteiger partial charge is 0.224 e. The molecule has 0 radical (unpaired) electrons. The summed E-state index contributed by atoms with van der Waals surface area (Å²) in [5.41, 5.74) is 0. The van der Waals surface area contributed by atoms with Crippen LogP contribution in [0.2, 0.25) is 0 Å². The van der Waals surface area contributed by atoms with Crippen molar-refractivity contribution in [3.8, 4) is 0 Å². The highest BCUT2D eigenvalue weighted by atomic mass is 35.5. The predicted molar refractivity (Wildman–Crippen MR) is 65.3 cm³/mol. The van der Waals surface area contributed by atoms with E-state index in [2.05, 4.69) is 31.1 Å². The van der Waals surface area contributed by atoms with E-state index in [0.717, 1.165) is 19.5 Å². The summed E-state index contributed by atoms with van der Waals surface area (Å²) in [6, 6.07) is 0.558. The van der Waals surface area contributed by atoms with Gasteiger partial charge < -0.3 is 10.2 Å². The minimum Gasteiger partial charge on any atom is -0.356 e. The molecule has 0 aliphatic carbocycles. The zero-order chi connectivity index (χ0) is 11.8. The molecular formula is C11H23ClN2O. The highest BCUT2D eigenvalue weighted by molar-refractivity contribution is 6.19. The molecule has 1 atom stereocenters. The number of carbonyl (C=O) groups is 1. The number of hydrogen-bond donors (Lipinski definition) is 1. The van der Waals surface area contributed by atoms with E-state index < -0.39 is 0 Å². The first-order valence-electron chi connectivity index (χ1n) is 5.53. The van der Waals surface area contributed by atoms with Crippen molar-refractivity contribution in [2.24, 2.45) is 5.92 Å². The molecule has 0 fully saturated rings. The first-order chi connectivity index (χ1) is 6.99. The average Bonchev–Trinajstić information content (AvgIpc) is 2.22. The predicted octanol–water partition coefficient (Wildman–Crippen LogP) is 1.71. The zero-order valence-electron chi connectivity index (χ0n) is 10.2. The van der Waals surface area contributed by atoms with Crippen molar-refractivity contribution in [2.45, 2.75) is 33.2 Å². The van der Waals surface area contributed by atoms with Crippen molar-refractivity contribution in [1.82, 2.24) is 10.2 Å². The quantitative estimate of drug-likeness (QED) is 0.537. The Labute approximate surface area is 98.2 Å². The fourth-order valence-electron chi connectivity index (χ4n) is 1.04. The Balaban J connectivity index is 3.50. The van der Waals surface area contributed by atoms with Gasteiger partial charge in [-0.25, -0.2) is 0 Å². The first kappa shape index (κ1) is 14.7. The number of carbonyl (C=O) groups excluding carboxylic acids is 1. The van der Waals surface area contributed by atoms with E-state index in [9.17, 15) is 4.79 Å². The monoisotopic (exact) mass is 234 g/mol. The SMILES string of the molecule is CC(CCl)C(=O)NCCCN(C)C(C)C. The minimum atomic E-state index is -0.0884. The minimum absolute atomic E-state index is 0.0530. The second kappa shape index (κ2) is 7.94. The van der Waals surface area contributed by atoms with E-state index in [4.69, 9.17) is 11.6 Å². The molecule has 1 N–H and O–H groups in total. The standard InChI is InChI=1S/C11H23ClN2O/c1-9(2)14(4)7-5-6-13-11(15)10(3)8-12/h9-10H,5-8H2,1-4H3,(H,13,15). The molecule has 0 rings (SSSR count). The molecule has 0 aromatic carbocycles. The number of nitrogens with one attached hydrogen (secondary N) is 1. The molecule has 0 aliphatic rings. The molecule has 1 unspecified atom stereocenters. The summed E-state index contributed by atoms with van der Waals surface area (Å²) in [6.45, 7) is 7.90. The summed E-state index contributed by atoms with van der Waals surface area (Å²) >= 11 is 5.58. The molecule has 4 heteroatoms. The van der Waals surface area contributed by atoms with Gasteiger partial charge in [-0.15, -0.1) is 11.6 Å². The van der Waals surface area contributed by atoms with Gasteiger partial charge in [0.25, 0.3) is 0 Å². The molecule has 0 aromatic heterocycles. The number of hydrogen-bond acceptors (Lipinski definition) is 2. The van der Waals surface area contributed by atoms with Crippen LogP contribution in [0.4, 0.5) is 0 Å². The average molecular weight is 235 g/mol. The Morgan fingerprint density at radius 2 is 2.00 bits per heavy atom. The molecule has 0 heterocycles. The van der Waals surface area contributed by atoms with Gasteiger partial charge >= 0.3 is 0 Å². The third-order valence-electron chi connectivity index (χ3n) is 2.55. The lowest BCUT2D eigenvalue weighted by Gasteiger charge is -2.20. The van der Waals surface area contributed by atoms with E-state index in [1.807, 2.05) is 6.92 Å². The number of halogens is 1. The van der Waals surface area contributed by atoms with Crippen LogP contribution in [0.15, 0.2) is 0 Å². The fraction of sp³-hybridized carbons (Fsp3) is 0.909. The van der Waals surface area contributed by atoms with E-state index in [-0.39, 0.29) is 11.8 Å². The van der Waals surface area contributed by atoms with Gasteiger partial charge in [-0.3, -0.25) is 4.79 Å². The molecule has 90 valence electrons. The van der Waals surface area contributed by atoms with E-state index in [0.29, 0.717) is 11.9 Å². The lowest BCUT2D eigenvalue weighted by atomic mass is 10.2. The van der Waals surface area contributed by atoms with Gasteiger partial charge in [0.05, 0.1) is 0 Å². The molecule has 0 spiro atoms. The zero-order valence-corrected chi connectivity index (χ0v) is 11.0. The first-order valence-corrected chi connectivity index (χ1v) is 6.06. The van der Waals surface area contributed by atoms with Crippen LogP contribution in [-0.2, 0) is 4.79 Å². The molecule has 0 aromatic rings. The summed E-state index contributed by atoms with van der Waals surface area (Å²) in [5, 5.41) is 2.88. The van der Waals surface area contributed by atoms with Crippen LogP contribution in [0.25, 0.3) is 0 Å². The van der Waals surface area contributed by atoms with Gasteiger partial charge in [0.2, 0.25) is 5.91 Å². The van der Waals surface area contributed by atoms with Crippen LogP contribution in [0, 0.1) is 5.92 Å². The van der Waals surface area contributed by atoms with Gasteiger partial charge in [0.1, 0.15) is 0 Å². The van der Waals surface area contributed by atoms with Crippen molar-refractivity contribution in [3.63, 3.8) is 0 Å². The van der Waals surface area contributed by atoms with Crippen molar-refractivity contribution in [3.05, 3.63) is 0 Å². The molecule has 0 saturated carbocycles. The third-order valence-corrected chi connectivity index (χ3v) is 3.01. The lowest BCUT2D eigenvalue weighted by Crippen LogP contribution is -2.34. The van der Waals surface area contributed by atoms with Crippen molar-refractivity contribution < 1.29 is 4.79 Å². The lowest BCUT2D eigenvalue weighted by molar-refractivity contribution is -0.123. The number of amides is 1. The second-order valence-corrected chi connectivity index (χ2v) is 4.58. The molecule has 0 bridgehead atoms. The maximum absolute atomic E-state index is 11.3. The van der Waals surface area contributed by atoms with Crippen molar-refractivity contribution in [1.29, 1.82) is 0 Å². The van der Waals surface area contributed by atoms with Gasteiger partial charge in [0, 0.05) is 24.4 Å². The summed E-state index contributed by atoms with van der Waals surface area (Å²) < 4.78 is 0. The Morgan fingerprint density at radius 3 is 2.47 bits per heavy atom. The largest absolute Gasteiger partial charge is 0.356 e. The van der Waals surface area contributed by atoms with Crippen LogP contribution in [0.3, 0.4) is 0 Å². The summed E-state index contributed by atoms with van der Waals surface area (Å²) in [4.78, 5) is 13.6. The Morgan fingerprint density at radius 1 is 1.40 bits per heavy atom. The third kappa shape index (κ3) is 6.74. The van der Waals surface area contributed by atoms with Crippen LogP contribution in [0.5, 0.6) is 0 Å². The van der Waals surface area contributed by atoms with Crippen LogP contribution < -0.4 is 5.32 Å². The van der Waals surface area contributed by atoms with Crippen molar-refractivity contribution in [2.75, 3.05) is 26.0 Å². The van der Waals surface area contributed by atoms with Crippen molar-refractivity contribution >= 4 is 17.5 Å². The van der Waals surface area contributed by atoms with Crippen LogP contribution >= 0.6 is 11.6 Å². The van der Waals surface area contributed by atoms with E-state index in [1.165, 1.54) is 0 Å². The Kier molecular flexibility index (Phi) is 7.79. The molecule has 15 heavy (non-hydrogen) atoms. The van der Waals surface area contributed by atoms with Gasteiger partial charge in [-0.1, -0.05) is 6.92 Å². The van der Waals surface area contributed by atoms with Gasteiger partial charge in [-0.2, -0.15) is 0 Å². The number of rotatable bonds is 7. The van der Waals surface area contributed by atoms with Crippen LogP contribution in [-0.4, -0.2) is 42.9 Å². The highest BCUT2D eigenvalue weighted by Gasteiger charge is 2.10. The maximum atomic E-state index is 11.3. The normalized spacial score (nSPS) is 13.3. The van der Waals surface area contributed by atoms with Crippen LogP contribution in [0.1, 0.15) is 27.2 Å². The maximum Gasteiger partial charge on any atom is 0.224 e. The summed E-state index contributed by atoms with van der Waals surface area (Å²) in [7, 11) is 2.09. The van der Waals surface area contributed by atoms with E-state index in [1.54, 1.807) is 0 Å². The Bertz CT molecular complexity index is 185. The molecule has 3 nitrogen and oxygen atoms in total. The molecule has 1 amide bonds.